The number of hydrogen-bond donors (Lipinski definition) is 2. The fourth-order valence-electron chi connectivity index (χ4n) is 3.60. The normalized spacial score (nSPS) is 12.0. The maximum absolute atomic E-state index is 11.4. The molecule has 4 aromatic rings. The van der Waals surface area contributed by atoms with E-state index in [4.69, 9.17) is 5.73 Å². The van der Waals surface area contributed by atoms with Gasteiger partial charge < -0.3 is 11.1 Å². The van der Waals surface area contributed by atoms with Crippen LogP contribution in [-0.2, 0) is 6.54 Å². The van der Waals surface area contributed by atoms with E-state index in [0.717, 1.165) is 17.7 Å². The van der Waals surface area contributed by atoms with Gasteiger partial charge in [0.05, 0.1) is 5.56 Å². The van der Waals surface area contributed by atoms with Gasteiger partial charge in [0.1, 0.15) is 0 Å². The highest BCUT2D eigenvalue weighted by Crippen LogP contribution is 2.25. The third kappa shape index (κ3) is 4.18. The highest BCUT2D eigenvalue weighted by Gasteiger charge is 2.09. The zero-order valence-corrected chi connectivity index (χ0v) is 16.3. The summed E-state index contributed by atoms with van der Waals surface area (Å²) in [5, 5.41) is 6.15. The summed E-state index contributed by atoms with van der Waals surface area (Å²) in [4.78, 5) is 15.6. The summed E-state index contributed by atoms with van der Waals surface area (Å²) in [7, 11) is 0. The molecule has 1 atom stereocenters. The van der Waals surface area contributed by atoms with E-state index in [2.05, 4.69) is 71.8 Å². The lowest BCUT2D eigenvalue weighted by Gasteiger charge is -2.17. The number of amides is 1. The number of nitrogens with one attached hydrogen (secondary N) is 1. The van der Waals surface area contributed by atoms with Crippen molar-refractivity contribution in [3.63, 3.8) is 0 Å². The molecule has 1 unspecified atom stereocenters. The van der Waals surface area contributed by atoms with Gasteiger partial charge in [-0.1, -0.05) is 60.7 Å². The number of pyridine rings is 1. The van der Waals surface area contributed by atoms with Crippen molar-refractivity contribution in [2.45, 2.75) is 19.5 Å². The minimum atomic E-state index is -0.471. The summed E-state index contributed by atoms with van der Waals surface area (Å²) in [5.41, 5.74) is 10.1. The van der Waals surface area contributed by atoms with Gasteiger partial charge in [-0.25, -0.2) is 0 Å². The molecule has 4 rings (SSSR count). The van der Waals surface area contributed by atoms with E-state index in [0.29, 0.717) is 5.56 Å². The average molecular weight is 381 g/mol. The van der Waals surface area contributed by atoms with Crippen molar-refractivity contribution in [3.8, 4) is 11.1 Å². The van der Waals surface area contributed by atoms with Crippen molar-refractivity contribution in [2.75, 3.05) is 0 Å². The number of rotatable bonds is 6. The zero-order valence-electron chi connectivity index (χ0n) is 16.3. The molecule has 0 aliphatic rings. The predicted molar refractivity (Wildman–Crippen MR) is 117 cm³/mol. The van der Waals surface area contributed by atoms with Crippen molar-refractivity contribution < 1.29 is 4.79 Å². The van der Waals surface area contributed by atoms with Gasteiger partial charge in [-0.05, 0) is 46.5 Å². The lowest BCUT2D eigenvalue weighted by molar-refractivity contribution is 0.1000. The van der Waals surface area contributed by atoms with Crippen LogP contribution in [0.2, 0.25) is 0 Å². The van der Waals surface area contributed by atoms with Crippen LogP contribution in [-0.4, -0.2) is 10.9 Å². The molecule has 1 aromatic heterocycles. The first-order valence-corrected chi connectivity index (χ1v) is 9.67. The molecule has 0 radical (unpaired) electrons. The van der Waals surface area contributed by atoms with Crippen LogP contribution in [0.25, 0.3) is 21.9 Å². The summed E-state index contributed by atoms with van der Waals surface area (Å²) < 4.78 is 0. The maximum Gasteiger partial charge on any atom is 0.250 e. The first-order valence-electron chi connectivity index (χ1n) is 9.67. The number of primary amides is 1. The maximum atomic E-state index is 11.4. The summed E-state index contributed by atoms with van der Waals surface area (Å²) >= 11 is 0. The molecule has 1 heterocycles. The highest BCUT2D eigenvalue weighted by molar-refractivity contribution is 5.93. The lowest BCUT2D eigenvalue weighted by atomic mass is 9.99. The molecule has 0 fully saturated rings. The van der Waals surface area contributed by atoms with E-state index in [1.54, 1.807) is 12.3 Å². The van der Waals surface area contributed by atoms with Gasteiger partial charge in [-0.15, -0.1) is 0 Å². The zero-order chi connectivity index (χ0) is 20.2. The molecule has 0 saturated heterocycles. The molecule has 1 amide bonds. The van der Waals surface area contributed by atoms with Crippen LogP contribution in [0.5, 0.6) is 0 Å². The molecule has 29 heavy (non-hydrogen) atoms. The predicted octanol–water partition coefficient (Wildman–Crippen LogP) is 4.85. The number of carbonyl (C=O) groups is 1. The Morgan fingerprint density at radius 3 is 2.62 bits per heavy atom. The Labute approximate surface area is 170 Å². The van der Waals surface area contributed by atoms with E-state index in [1.165, 1.54) is 28.1 Å². The van der Waals surface area contributed by atoms with E-state index >= 15 is 0 Å². The smallest absolute Gasteiger partial charge is 0.250 e. The largest absolute Gasteiger partial charge is 0.366 e. The molecule has 0 saturated carbocycles. The van der Waals surface area contributed by atoms with Crippen molar-refractivity contribution in [1.29, 1.82) is 0 Å². The van der Waals surface area contributed by atoms with Crippen LogP contribution >= 0.6 is 0 Å². The van der Waals surface area contributed by atoms with Gasteiger partial charge in [0.2, 0.25) is 5.91 Å². The Bertz CT molecular complexity index is 1160. The van der Waals surface area contributed by atoms with E-state index in [1.807, 2.05) is 12.1 Å². The van der Waals surface area contributed by atoms with Crippen LogP contribution in [0.1, 0.15) is 34.5 Å². The fraction of sp³-hybridized carbons (Fsp3) is 0.120. The number of hydrogen-bond acceptors (Lipinski definition) is 3. The van der Waals surface area contributed by atoms with E-state index in [9.17, 15) is 4.79 Å². The Morgan fingerprint density at radius 1 is 0.966 bits per heavy atom. The number of carbonyl (C=O) groups excluding carboxylic acids is 1. The molecule has 144 valence electrons. The standard InChI is InChI=1S/C25H23N3O/c1-17(23-11-5-8-19-7-2-3-10-24(19)23)28-14-18-6-4-9-20(12-18)21-13-22(25(26)29)16-27-15-21/h2-13,15-17,28H,14H2,1H3,(H2,26,29). The van der Waals surface area contributed by atoms with Crippen LogP contribution in [0.15, 0.2) is 85.2 Å². The molecule has 3 N–H and O–H groups in total. The van der Waals surface area contributed by atoms with Crippen molar-refractivity contribution >= 4 is 16.7 Å². The summed E-state index contributed by atoms with van der Waals surface area (Å²) in [5.74, 6) is -0.471. The Morgan fingerprint density at radius 2 is 1.76 bits per heavy atom. The van der Waals surface area contributed by atoms with E-state index < -0.39 is 5.91 Å². The Balaban J connectivity index is 1.53. The first-order chi connectivity index (χ1) is 14.1. The van der Waals surface area contributed by atoms with Crippen molar-refractivity contribution in [2.24, 2.45) is 5.73 Å². The Hall–Kier alpha value is -3.50. The lowest BCUT2D eigenvalue weighted by Crippen LogP contribution is -2.18. The van der Waals surface area contributed by atoms with Crippen LogP contribution < -0.4 is 11.1 Å². The summed E-state index contributed by atoms with van der Waals surface area (Å²) in [6, 6.07) is 25.1. The minimum Gasteiger partial charge on any atom is -0.366 e. The molecular weight excluding hydrogens is 358 g/mol. The molecule has 4 heteroatoms. The second kappa shape index (κ2) is 8.25. The van der Waals surface area contributed by atoms with Crippen molar-refractivity contribution in [3.05, 3.63) is 102 Å². The average Bonchev–Trinajstić information content (AvgIpc) is 2.77. The number of nitrogens with zero attached hydrogens (tertiary/aromatic N) is 1. The van der Waals surface area contributed by atoms with Gasteiger partial charge in [-0.3, -0.25) is 9.78 Å². The van der Waals surface area contributed by atoms with Gasteiger partial charge in [0, 0.05) is 30.5 Å². The molecule has 0 bridgehead atoms. The highest BCUT2D eigenvalue weighted by atomic mass is 16.1. The number of fused-ring (bicyclic) bond motifs is 1. The number of aromatic nitrogens is 1. The van der Waals surface area contributed by atoms with Crippen LogP contribution in [0.4, 0.5) is 0 Å². The molecule has 0 spiro atoms. The van der Waals surface area contributed by atoms with E-state index in [-0.39, 0.29) is 6.04 Å². The van der Waals surface area contributed by atoms with Crippen LogP contribution in [0, 0.1) is 0 Å². The minimum absolute atomic E-state index is 0.213. The Kier molecular flexibility index (Phi) is 5.36. The second-order valence-corrected chi connectivity index (χ2v) is 7.20. The number of nitrogens with two attached hydrogens (primary N) is 1. The number of benzene rings is 3. The third-order valence-electron chi connectivity index (χ3n) is 5.19. The molecular formula is C25H23N3O. The third-order valence-corrected chi connectivity index (χ3v) is 5.19. The summed E-state index contributed by atoms with van der Waals surface area (Å²) in [6.45, 7) is 2.92. The molecule has 4 nitrogen and oxygen atoms in total. The SMILES string of the molecule is CC(NCc1cccc(-c2cncc(C(N)=O)c2)c1)c1cccc2ccccc12. The monoisotopic (exact) mass is 381 g/mol. The topological polar surface area (TPSA) is 68.0 Å². The summed E-state index contributed by atoms with van der Waals surface area (Å²) in [6.07, 6.45) is 3.24. The molecule has 0 aliphatic carbocycles. The second-order valence-electron chi connectivity index (χ2n) is 7.20. The van der Waals surface area contributed by atoms with Crippen molar-refractivity contribution in [1.82, 2.24) is 10.3 Å². The van der Waals surface area contributed by atoms with Gasteiger partial charge in [0.15, 0.2) is 0 Å². The van der Waals surface area contributed by atoms with Crippen LogP contribution in [0.3, 0.4) is 0 Å². The quantitative estimate of drug-likeness (QED) is 0.502. The molecule has 0 aliphatic heterocycles. The first kappa shape index (κ1) is 18.8. The fourth-order valence-corrected chi connectivity index (χ4v) is 3.60. The van der Waals surface area contributed by atoms with Gasteiger partial charge >= 0.3 is 0 Å². The van der Waals surface area contributed by atoms with Gasteiger partial charge in [0.25, 0.3) is 0 Å². The van der Waals surface area contributed by atoms with Gasteiger partial charge in [-0.2, -0.15) is 0 Å². The molecule has 3 aromatic carbocycles.